The monoisotopic (exact) mass is 495 g/mol. The Labute approximate surface area is 213 Å². The third-order valence-electron chi connectivity index (χ3n) is 7.84. The Hall–Kier alpha value is -2.77. The van der Waals surface area contributed by atoms with E-state index in [-0.39, 0.29) is 30.1 Å². The van der Waals surface area contributed by atoms with Gasteiger partial charge in [-0.05, 0) is 93.8 Å². The maximum absolute atomic E-state index is 13.2. The predicted octanol–water partition coefficient (Wildman–Crippen LogP) is 5.03. The minimum Gasteiger partial charge on any atom is -0.386 e. The van der Waals surface area contributed by atoms with Crippen LogP contribution in [0.1, 0.15) is 61.4 Å². The number of carbonyl (C=O) groups is 2. The summed E-state index contributed by atoms with van der Waals surface area (Å²) in [7, 11) is 0. The molecule has 1 aliphatic carbocycles. The number of piperidine rings is 1. The Bertz CT molecular complexity index is 1030. The molecule has 0 aromatic heterocycles. The molecular weight excluding hydrogens is 457 g/mol. The van der Waals surface area contributed by atoms with Gasteiger partial charge in [0.25, 0.3) is 0 Å². The lowest BCUT2D eigenvalue weighted by atomic mass is 9.83. The van der Waals surface area contributed by atoms with E-state index in [1.54, 1.807) is 24.3 Å². The van der Waals surface area contributed by atoms with Gasteiger partial charge in [0.15, 0.2) is 5.78 Å². The third-order valence-corrected chi connectivity index (χ3v) is 7.84. The number of aliphatic hydroxyl groups is 1. The Balaban J connectivity index is 1.31. The molecule has 2 fully saturated rings. The topological polar surface area (TPSA) is 81.7 Å². The summed E-state index contributed by atoms with van der Waals surface area (Å²) < 4.78 is 13.2. The lowest BCUT2D eigenvalue weighted by Gasteiger charge is -2.41. The molecule has 1 saturated heterocycles. The molecule has 36 heavy (non-hydrogen) atoms. The molecule has 1 aliphatic heterocycles. The van der Waals surface area contributed by atoms with E-state index in [2.05, 4.69) is 15.5 Å². The van der Waals surface area contributed by atoms with Crippen LogP contribution in [0.5, 0.6) is 0 Å². The number of likely N-dealkylation sites (tertiary alicyclic amines) is 1. The quantitative estimate of drug-likeness (QED) is 0.427. The van der Waals surface area contributed by atoms with E-state index in [4.69, 9.17) is 0 Å². The fourth-order valence-electron chi connectivity index (χ4n) is 5.71. The molecule has 4 rings (SSSR count). The number of hydrogen-bond donors (Lipinski definition) is 3. The first-order valence-electron chi connectivity index (χ1n) is 13.2. The molecule has 1 saturated carbocycles. The molecule has 1 atom stereocenters. The molecule has 3 N–H and O–H groups in total. The van der Waals surface area contributed by atoms with E-state index in [9.17, 15) is 19.1 Å². The van der Waals surface area contributed by atoms with Gasteiger partial charge >= 0.3 is 6.03 Å². The van der Waals surface area contributed by atoms with Crippen LogP contribution in [-0.2, 0) is 6.42 Å². The van der Waals surface area contributed by atoms with Gasteiger partial charge in [-0.3, -0.25) is 4.79 Å². The van der Waals surface area contributed by atoms with Crippen molar-refractivity contribution in [2.45, 2.75) is 57.5 Å². The summed E-state index contributed by atoms with van der Waals surface area (Å²) in [6.45, 7) is 4.04. The zero-order valence-electron chi connectivity index (χ0n) is 21.1. The smallest absolute Gasteiger partial charge is 0.319 e. The van der Waals surface area contributed by atoms with Crippen LogP contribution in [0.3, 0.4) is 0 Å². The maximum Gasteiger partial charge on any atom is 0.319 e. The number of benzene rings is 2. The first kappa shape index (κ1) is 26.3. The van der Waals surface area contributed by atoms with Gasteiger partial charge < -0.3 is 20.6 Å². The molecule has 7 heteroatoms. The SMILES string of the molecule is CC(=O)c1cccc(NC(=O)NC[C@](O)(CN2CCC(Cc3ccc(F)cc3)CC2)C2CCCC2)c1. The largest absolute Gasteiger partial charge is 0.386 e. The number of rotatable bonds is 9. The van der Waals surface area contributed by atoms with Crippen molar-refractivity contribution in [1.29, 1.82) is 0 Å². The highest BCUT2D eigenvalue weighted by molar-refractivity contribution is 5.96. The normalized spacial score (nSPS) is 19.1. The highest BCUT2D eigenvalue weighted by Crippen LogP contribution is 2.35. The number of ketones is 1. The first-order chi connectivity index (χ1) is 17.3. The number of carbonyl (C=O) groups excluding carboxylic acids is 2. The Morgan fingerprint density at radius 2 is 1.75 bits per heavy atom. The minimum atomic E-state index is -0.987. The van der Waals surface area contributed by atoms with Crippen LogP contribution in [0.2, 0.25) is 0 Å². The highest BCUT2D eigenvalue weighted by Gasteiger charge is 2.40. The van der Waals surface area contributed by atoms with Crippen LogP contribution in [0.25, 0.3) is 0 Å². The summed E-state index contributed by atoms with van der Waals surface area (Å²) in [5.41, 5.74) is 1.27. The Morgan fingerprint density at radius 1 is 1.06 bits per heavy atom. The second-order valence-corrected chi connectivity index (χ2v) is 10.6. The number of anilines is 1. The molecule has 1 heterocycles. The third kappa shape index (κ3) is 7.14. The number of hydrogen-bond acceptors (Lipinski definition) is 4. The molecule has 194 valence electrons. The number of nitrogens with zero attached hydrogens (tertiary/aromatic N) is 1. The van der Waals surface area contributed by atoms with E-state index in [0.29, 0.717) is 23.7 Å². The fourth-order valence-corrected chi connectivity index (χ4v) is 5.71. The van der Waals surface area contributed by atoms with E-state index < -0.39 is 5.60 Å². The van der Waals surface area contributed by atoms with Crippen molar-refractivity contribution in [3.63, 3.8) is 0 Å². The van der Waals surface area contributed by atoms with Crippen LogP contribution in [-0.4, -0.2) is 53.6 Å². The van der Waals surface area contributed by atoms with Gasteiger partial charge in [-0.1, -0.05) is 37.1 Å². The number of urea groups is 1. The highest BCUT2D eigenvalue weighted by atomic mass is 19.1. The van der Waals surface area contributed by atoms with Crippen molar-refractivity contribution in [3.05, 3.63) is 65.5 Å². The lowest BCUT2D eigenvalue weighted by molar-refractivity contribution is -0.0464. The molecule has 6 nitrogen and oxygen atoms in total. The second-order valence-electron chi connectivity index (χ2n) is 10.6. The van der Waals surface area contributed by atoms with Crippen molar-refractivity contribution in [2.75, 3.05) is 31.5 Å². The standard InChI is InChI=1S/C29H38FN3O3/c1-21(34)24-5-4-8-27(18-24)32-28(35)31-19-29(36,25-6-2-3-7-25)20-33-15-13-23(14-16-33)17-22-9-11-26(30)12-10-22/h4-5,8-12,18,23,25,36H,2-3,6-7,13-17,19-20H2,1H3,(H2,31,32,35)/t29-/m0/s1. The predicted molar refractivity (Wildman–Crippen MR) is 140 cm³/mol. The van der Waals surface area contributed by atoms with Crippen LogP contribution >= 0.6 is 0 Å². The Morgan fingerprint density at radius 3 is 2.42 bits per heavy atom. The summed E-state index contributed by atoms with van der Waals surface area (Å²) in [4.78, 5) is 26.6. The molecule has 0 radical (unpaired) electrons. The lowest BCUT2D eigenvalue weighted by Crippen LogP contribution is -2.56. The number of amides is 2. The molecule has 2 aromatic carbocycles. The zero-order valence-corrected chi connectivity index (χ0v) is 21.1. The molecule has 0 spiro atoms. The van der Waals surface area contributed by atoms with E-state index in [1.807, 2.05) is 12.1 Å². The first-order valence-corrected chi connectivity index (χ1v) is 13.2. The molecule has 0 unspecified atom stereocenters. The number of β-amino-alcohol motifs (C(OH)–C–C–N with tert-alkyl or cyclic N) is 1. The maximum atomic E-state index is 13.2. The van der Waals surface area contributed by atoms with Gasteiger partial charge in [-0.15, -0.1) is 0 Å². The fraction of sp³-hybridized carbons (Fsp3) is 0.517. The summed E-state index contributed by atoms with van der Waals surface area (Å²) in [6.07, 6.45) is 7.20. The van der Waals surface area contributed by atoms with Crippen molar-refractivity contribution in [1.82, 2.24) is 10.2 Å². The van der Waals surface area contributed by atoms with E-state index in [1.165, 1.54) is 24.6 Å². The van der Waals surface area contributed by atoms with Gasteiger partial charge in [0.2, 0.25) is 0 Å². The van der Waals surface area contributed by atoms with Crippen LogP contribution in [0, 0.1) is 17.7 Å². The minimum absolute atomic E-state index is 0.0592. The summed E-state index contributed by atoms with van der Waals surface area (Å²) in [5.74, 6) is 0.458. The number of nitrogens with one attached hydrogen (secondary N) is 2. The van der Waals surface area contributed by atoms with Gasteiger partial charge in [-0.25, -0.2) is 9.18 Å². The second kappa shape index (κ2) is 12.0. The van der Waals surface area contributed by atoms with Crippen molar-refractivity contribution >= 4 is 17.5 Å². The molecule has 2 aromatic rings. The van der Waals surface area contributed by atoms with Crippen molar-refractivity contribution in [2.24, 2.45) is 11.8 Å². The van der Waals surface area contributed by atoms with Crippen LogP contribution in [0.4, 0.5) is 14.9 Å². The molecular formula is C29H38FN3O3. The molecule has 2 aliphatic rings. The number of halogens is 1. The number of Topliss-reactive ketones (excluding diaryl/α,β-unsaturated/α-hetero) is 1. The van der Waals surface area contributed by atoms with Gasteiger partial charge in [-0.2, -0.15) is 0 Å². The Kier molecular flexibility index (Phi) is 8.75. The van der Waals surface area contributed by atoms with Crippen LogP contribution in [0.15, 0.2) is 48.5 Å². The summed E-state index contributed by atoms with van der Waals surface area (Å²) >= 11 is 0. The van der Waals surface area contributed by atoms with Gasteiger partial charge in [0.05, 0.1) is 5.60 Å². The average Bonchev–Trinajstić information content (AvgIpc) is 3.42. The summed E-state index contributed by atoms with van der Waals surface area (Å²) in [5, 5.41) is 17.4. The van der Waals surface area contributed by atoms with Gasteiger partial charge in [0.1, 0.15) is 5.82 Å². The van der Waals surface area contributed by atoms with E-state index >= 15 is 0 Å². The average molecular weight is 496 g/mol. The van der Waals surface area contributed by atoms with Crippen molar-refractivity contribution in [3.8, 4) is 0 Å². The van der Waals surface area contributed by atoms with Crippen molar-refractivity contribution < 1.29 is 19.1 Å². The summed E-state index contributed by atoms with van der Waals surface area (Å²) in [6, 6.07) is 13.2. The van der Waals surface area contributed by atoms with E-state index in [0.717, 1.165) is 58.0 Å². The zero-order chi connectivity index (χ0) is 25.5. The van der Waals surface area contributed by atoms with Crippen LogP contribution < -0.4 is 10.6 Å². The molecule has 2 amide bonds. The van der Waals surface area contributed by atoms with Gasteiger partial charge in [0, 0.05) is 24.3 Å². The molecule has 0 bridgehead atoms.